The normalized spacial score (nSPS) is 16.0. The molecule has 0 aromatic heterocycles. The van der Waals surface area contributed by atoms with E-state index in [-0.39, 0.29) is 12.5 Å². The first-order valence-corrected chi connectivity index (χ1v) is 7.97. The van der Waals surface area contributed by atoms with Crippen molar-refractivity contribution < 1.29 is 9.53 Å². The van der Waals surface area contributed by atoms with E-state index in [1.54, 1.807) is 0 Å². The minimum Gasteiger partial charge on any atom is -0.483 e. The number of nitrogens with two attached hydrogens (primary N) is 1. The van der Waals surface area contributed by atoms with Gasteiger partial charge >= 0.3 is 0 Å². The van der Waals surface area contributed by atoms with E-state index >= 15 is 0 Å². The first-order valence-electron chi connectivity index (χ1n) is 7.18. The molecule has 1 aliphatic heterocycles. The number of amides is 1. The van der Waals surface area contributed by atoms with Crippen LogP contribution in [0.1, 0.15) is 5.56 Å². The molecule has 6 heteroatoms. The Morgan fingerprint density at radius 2 is 2.05 bits per heavy atom. The smallest absolute Gasteiger partial charge is 0.260 e. The molecule has 0 atom stereocenters. The number of rotatable bonds is 5. The predicted octanol–water partition coefficient (Wildman–Crippen LogP) is 1.10. The van der Waals surface area contributed by atoms with Crippen LogP contribution in [0.3, 0.4) is 0 Å². The van der Waals surface area contributed by atoms with Gasteiger partial charge in [0.25, 0.3) is 5.91 Å². The molecular formula is C15H22BrN3O2. The summed E-state index contributed by atoms with van der Waals surface area (Å²) in [7, 11) is 2.07. The Balaban J connectivity index is 1.91. The number of piperazine rings is 1. The van der Waals surface area contributed by atoms with Gasteiger partial charge in [0, 0.05) is 30.7 Å². The second kappa shape index (κ2) is 7.77. The van der Waals surface area contributed by atoms with Gasteiger partial charge in [-0.3, -0.25) is 4.79 Å². The fourth-order valence-electron chi connectivity index (χ4n) is 2.33. The van der Waals surface area contributed by atoms with Crippen LogP contribution in [-0.4, -0.2) is 62.1 Å². The summed E-state index contributed by atoms with van der Waals surface area (Å²) >= 11 is 3.44. The molecule has 2 N–H and O–H groups in total. The topological polar surface area (TPSA) is 58.8 Å². The van der Waals surface area contributed by atoms with Crippen molar-refractivity contribution in [1.82, 2.24) is 9.80 Å². The SMILES string of the molecule is CN1CCN(C(=O)COc2ccc(Br)cc2CCN)CC1. The molecule has 116 valence electrons. The fraction of sp³-hybridized carbons (Fsp3) is 0.533. The minimum absolute atomic E-state index is 0.0460. The molecule has 1 aliphatic rings. The zero-order valence-corrected chi connectivity index (χ0v) is 13.9. The molecule has 21 heavy (non-hydrogen) atoms. The Kier molecular flexibility index (Phi) is 6.02. The number of benzene rings is 1. The molecule has 0 bridgehead atoms. The highest BCUT2D eigenvalue weighted by molar-refractivity contribution is 9.10. The summed E-state index contributed by atoms with van der Waals surface area (Å²) in [4.78, 5) is 16.2. The van der Waals surface area contributed by atoms with Crippen LogP contribution < -0.4 is 10.5 Å². The second-order valence-electron chi connectivity index (χ2n) is 5.26. The number of nitrogens with zero attached hydrogens (tertiary/aromatic N) is 2. The van der Waals surface area contributed by atoms with Gasteiger partial charge in [-0.1, -0.05) is 15.9 Å². The Hall–Kier alpha value is -1.11. The lowest BCUT2D eigenvalue weighted by Gasteiger charge is -2.32. The molecule has 1 aromatic rings. The number of hydrogen-bond acceptors (Lipinski definition) is 4. The van der Waals surface area contributed by atoms with Crippen LogP contribution in [0.5, 0.6) is 5.75 Å². The van der Waals surface area contributed by atoms with Gasteiger partial charge < -0.3 is 20.3 Å². The van der Waals surface area contributed by atoms with Gasteiger partial charge in [-0.2, -0.15) is 0 Å². The Bertz CT molecular complexity index is 488. The molecule has 0 spiro atoms. The van der Waals surface area contributed by atoms with Gasteiger partial charge in [0.05, 0.1) is 0 Å². The zero-order valence-electron chi connectivity index (χ0n) is 12.3. The number of carbonyl (C=O) groups is 1. The van der Waals surface area contributed by atoms with E-state index < -0.39 is 0 Å². The maximum absolute atomic E-state index is 12.2. The molecule has 0 unspecified atom stereocenters. The third-order valence-electron chi connectivity index (χ3n) is 3.64. The van der Waals surface area contributed by atoms with Crippen LogP contribution >= 0.6 is 15.9 Å². The van der Waals surface area contributed by atoms with E-state index in [1.165, 1.54) is 0 Å². The van der Waals surface area contributed by atoms with Crippen molar-refractivity contribution in [2.45, 2.75) is 6.42 Å². The third-order valence-corrected chi connectivity index (χ3v) is 4.14. The van der Waals surface area contributed by atoms with Gasteiger partial charge in [0.1, 0.15) is 5.75 Å². The number of ether oxygens (including phenoxy) is 1. The molecule has 1 fully saturated rings. The van der Waals surface area contributed by atoms with E-state index in [9.17, 15) is 4.79 Å². The number of halogens is 1. The van der Waals surface area contributed by atoms with Crippen molar-refractivity contribution in [2.24, 2.45) is 5.73 Å². The predicted molar refractivity (Wildman–Crippen MR) is 86.5 cm³/mol. The summed E-state index contributed by atoms with van der Waals surface area (Å²) in [5.74, 6) is 0.788. The lowest BCUT2D eigenvalue weighted by molar-refractivity contribution is -0.134. The molecule has 0 aliphatic carbocycles. The van der Waals surface area contributed by atoms with E-state index in [0.29, 0.717) is 6.54 Å². The molecule has 0 radical (unpaired) electrons. The molecule has 0 saturated carbocycles. The van der Waals surface area contributed by atoms with Gasteiger partial charge in [-0.05, 0) is 43.8 Å². The van der Waals surface area contributed by atoms with Crippen LogP contribution in [0.15, 0.2) is 22.7 Å². The fourth-order valence-corrected chi connectivity index (χ4v) is 2.73. The van der Waals surface area contributed by atoms with Crippen LogP contribution in [0.25, 0.3) is 0 Å². The molecule has 1 saturated heterocycles. The largest absolute Gasteiger partial charge is 0.483 e. The second-order valence-corrected chi connectivity index (χ2v) is 6.18. The molecule has 1 aromatic carbocycles. The monoisotopic (exact) mass is 355 g/mol. The summed E-state index contributed by atoms with van der Waals surface area (Å²) in [5.41, 5.74) is 6.64. The lowest BCUT2D eigenvalue weighted by atomic mass is 10.1. The number of likely N-dealkylation sites (N-methyl/N-ethyl adjacent to an activating group) is 1. The van der Waals surface area contributed by atoms with Gasteiger partial charge in [0.15, 0.2) is 6.61 Å². The number of carbonyl (C=O) groups excluding carboxylic acids is 1. The van der Waals surface area contributed by atoms with Gasteiger partial charge in [-0.25, -0.2) is 0 Å². The lowest BCUT2D eigenvalue weighted by Crippen LogP contribution is -2.48. The van der Waals surface area contributed by atoms with E-state index in [2.05, 4.69) is 27.9 Å². The molecule has 5 nitrogen and oxygen atoms in total. The maximum Gasteiger partial charge on any atom is 0.260 e. The highest BCUT2D eigenvalue weighted by Gasteiger charge is 2.19. The van der Waals surface area contributed by atoms with Crippen molar-refractivity contribution >= 4 is 21.8 Å². The Morgan fingerprint density at radius 1 is 1.33 bits per heavy atom. The van der Waals surface area contributed by atoms with E-state index in [4.69, 9.17) is 10.5 Å². The molecule has 2 rings (SSSR count). The first kappa shape index (κ1) is 16.3. The van der Waals surface area contributed by atoms with Crippen LogP contribution in [0, 0.1) is 0 Å². The van der Waals surface area contributed by atoms with E-state index in [0.717, 1.165) is 48.4 Å². The van der Waals surface area contributed by atoms with Crippen molar-refractivity contribution in [1.29, 1.82) is 0 Å². The summed E-state index contributed by atoms with van der Waals surface area (Å²) in [5, 5.41) is 0. The van der Waals surface area contributed by atoms with Crippen molar-refractivity contribution in [3.63, 3.8) is 0 Å². The average Bonchev–Trinajstić information content (AvgIpc) is 2.47. The first-order chi connectivity index (χ1) is 10.1. The standard InChI is InChI=1S/C15H22BrN3O2/c1-18-6-8-19(9-7-18)15(20)11-21-14-3-2-13(16)10-12(14)4-5-17/h2-3,10H,4-9,11,17H2,1H3. The van der Waals surface area contributed by atoms with E-state index in [1.807, 2.05) is 23.1 Å². The molecule has 1 amide bonds. The van der Waals surface area contributed by atoms with Crippen LogP contribution in [0.2, 0.25) is 0 Å². The Labute approximate surface area is 134 Å². The molecule has 1 heterocycles. The van der Waals surface area contributed by atoms with Crippen molar-refractivity contribution in [3.8, 4) is 5.75 Å². The summed E-state index contributed by atoms with van der Waals surface area (Å²) in [6.45, 7) is 4.02. The number of hydrogen-bond donors (Lipinski definition) is 1. The van der Waals surface area contributed by atoms with Crippen LogP contribution in [0.4, 0.5) is 0 Å². The highest BCUT2D eigenvalue weighted by atomic mass is 79.9. The average molecular weight is 356 g/mol. The van der Waals surface area contributed by atoms with Gasteiger partial charge in [-0.15, -0.1) is 0 Å². The summed E-state index contributed by atoms with van der Waals surface area (Å²) < 4.78 is 6.69. The van der Waals surface area contributed by atoms with Crippen LogP contribution in [-0.2, 0) is 11.2 Å². The molecular weight excluding hydrogens is 334 g/mol. The van der Waals surface area contributed by atoms with Gasteiger partial charge in [0.2, 0.25) is 0 Å². The minimum atomic E-state index is 0.0460. The quantitative estimate of drug-likeness (QED) is 0.859. The highest BCUT2D eigenvalue weighted by Crippen LogP contribution is 2.23. The summed E-state index contributed by atoms with van der Waals surface area (Å²) in [6.07, 6.45) is 0.734. The Morgan fingerprint density at radius 3 is 2.71 bits per heavy atom. The third kappa shape index (κ3) is 4.69. The van der Waals surface area contributed by atoms with Crippen molar-refractivity contribution in [2.75, 3.05) is 46.4 Å². The maximum atomic E-state index is 12.2. The van der Waals surface area contributed by atoms with Crippen molar-refractivity contribution in [3.05, 3.63) is 28.2 Å². The summed E-state index contributed by atoms with van der Waals surface area (Å²) in [6, 6.07) is 5.78. The zero-order chi connectivity index (χ0) is 15.2.